The maximum absolute atomic E-state index is 6.38. The SMILES string of the molecule is COc1cc2c(N3CCN(C(=S)NCc4ccc(Br)cc4)CC3)ncnc2cc1OC(C)C1CCCCN1. The van der Waals surface area contributed by atoms with E-state index >= 15 is 0 Å². The van der Waals surface area contributed by atoms with Gasteiger partial charge >= 0.3 is 0 Å². The number of anilines is 1. The molecule has 0 radical (unpaired) electrons. The number of piperazine rings is 1. The van der Waals surface area contributed by atoms with Crippen molar-refractivity contribution in [1.29, 1.82) is 0 Å². The summed E-state index contributed by atoms with van der Waals surface area (Å²) in [5, 5.41) is 8.72. The van der Waals surface area contributed by atoms with Crippen molar-refractivity contribution in [2.24, 2.45) is 0 Å². The minimum absolute atomic E-state index is 0.0391. The van der Waals surface area contributed by atoms with Crippen molar-refractivity contribution in [2.75, 3.05) is 44.7 Å². The molecule has 2 N–H and O–H groups in total. The molecule has 3 heterocycles. The van der Waals surface area contributed by atoms with Crippen LogP contribution in [-0.4, -0.2) is 72.0 Å². The minimum atomic E-state index is 0.0391. The van der Waals surface area contributed by atoms with E-state index in [4.69, 9.17) is 21.7 Å². The monoisotopic (exact) mass is 598 g/mol. The second-order valence-electron chi connectivity index (χ2n) is 9.86. The van der Waals surface area contributed by atoms with Crippen LogP contribution in [0.15, 0.2) is 47.2 Å². The summed E-state index contributed by atoms with van der Waals surface area (Å²) >= 11 is 9.17. The Balaban J connectivity index is 1.24. The van der Waals surface area contributed by atoms with Crippen LogP contribution in [0.4, 0.5) is 5.82 Å². The van der Waals surface area contributed by atoms with E-state index in [-0.39, 0.29) is 6.10 Å². The molecule has 0 spiro atoms. The van der Waals surface area contributed by atoms with E-state index in [2.05, 4.69) is 65.4 Å². The highest BCUT2D eigenvalue weighted by Gasteiger charge is 2.25. The molecule has 2 atom stereocenters. The molecule has 38 heavy (non-hydrogen) atoms. The van der Waals surface area contributed by atoms with E-state index < -0.39 is 0 Å². The Kier molecular flexibility index (Phi) is 8.81. The van der Waals surface area contributed by atoms with Gasteiger partial charge in [-0.2, -0.15) is 0 Å². The Morgan fingerprint density at radius 3 is 2.63 bits per heavy atom. The van der Waals surface area contributed by atoms with Crippen LogP contribution >= 0.6 is 28.1 Å². The van der Waals surface area contributed by atoms with Gasteiger partial charge in [0, 0.05) is 54.7 Å². The van der Waals surface area contributed by atoms with Crippen LogP contribution in [-0.2, 0) is 6.54 Å². The lowest BCUT2D eigenvalue weighted by Gasteiger charge is -2.37. The first-order valence-electron chi connectivity index (χ1n) is 13.3. The van der Waals surface area contributed by atoms with Gasteiger partial charge in [-0.15, -0.1) is 0 Å². The highest BCUT2D eigenvalue weighted by molar-refractivity contribution is 9.10. The van der Waals surface area contributed by atoms with Gasteiger partial charge in [-0.25, -0.2) is 9.97 Å². The van der Waals surface area contributed by atoms with Gasteiger partial charge in [0.25, 0.3) is 0 Å². The van der Waals surface area contributed by atoms with Crippen molar-refractivity contribution in [3.05, 3.63) is 52.8 Å². The van der Waals surface area contributed by atoms with Gasteiger partial charge in [-0.3, -0.25) is 0 Å². The normalized spacial score (nSPS) is 18.8. The molecule has 202 valence electrons. The number of halogens is 1. The molecule has 8 nitrogen and oxygen atoms in total. The summed E-state index contributed by atoms with van der Waals surface area (Å²) in [7, 11) is 1.68. The number of piperidine rings is 1. The molecule has 3 aromatic rings. The predicted molar refractivity (Wildman–Crippen MR) is 159 cm³/mol. The summed E-state index contributed by atoms with van der Waals surface area (Å²) < 4.78 is 13.2. The maximum Gasteiger partial charge on any atom is 0.169 e. The van der Waals surface area contributed by atoms with Crippen LogP contribution < -0.4 is 25.0 Å². The van der Waals surface area contributed by atoms with E-state index in [1.165, 1.54) is 18.4 Å². The highest BCUT2D eigenvalue weighted by atomic mass is 79.9. The van der Waals surface area contributed by atoms with Crippen LogP contribution in [0.25, 0.3) is 10.9 Å². The van der Waals surface area contributed by atoms with E-state index in [1.807, 2.05) is 24.3 Å². The molecular weight excluding hydrogens is 564 g/mol. The third kappa shape index (κ3) is 6.30. The fourth-order valence-electron chi connectivity index (χ4n) is 5.13. The first kappa shape index (κ1) is 26.9. The van der Waals surface area contributed by atoms with Crippen molar-refractivity contribution in [1.82, 2.24) is 25.5 Å². The first-order valence-corrected chi connectivity index (χ1v) is 14.5. The second kappa shape index (κ2) is 12.4. The first-order chi connectivity index (χ1) is 18.5. The zero-order valence-electron chi connectivity index (χ0n) is 22.0. The lowest BCUT2D eigenvalue weighted by atomic mass is 10.0. The maximum atomic E-state index is 6.38. The summed E-state index contributed by atoms with van der Waals surface area (Å²) in [4.78, 5) is 13.7. The Labute approximate surface area is 238 Å². The molecule has 0 bridgehead atoms. The number of thiocarbonyl (C=S) groups is 1. The molecule has 2 aromatic carbocycles. The number of fused-ring (bicyclic) bond motifs is 1. The predicted octanol–water partition coefficient (Wildman–Crippen LogP) is 4.51. The number of methoxy groups -OCH3 is 1. The van der Waals surface area contributed by atoms with Crippen molar-refractivity contribution in [3.8, 4) is 11.5 Å². The quantitative estimate of drug-likeness (QED) is 0.382. The lowest BCUT2D eigenvalue weighted by Crippen LogP contribution is -2.51. The number of nitrogens with zero attached hydrogens (tertiary/aromatic N) is 4. The van der Waals surface area contributed by atoms with Gasteiger partial charge in [0.05, 0.1) is 12.6 Å². The molecule has 1 aromatic heterocycles. The number of nitrogens with one attached hydrogen (secondary N) is 2. The zero-order valence-corrected chi connectivity index (χ0v) is 24.4. The molecule has 0 aliphatic carbocycles. The Morgan fingerprint density at radius 2 is 1.92 bits per heavy atom. The average molecular weight is 600 g/mol. The molecule has 5 rings (SSSR count). The van der Waals surface area contributed by atoms with Crippen LogP contribution in [0.3, 0.4) is 0 Å². The Hall–Kier alpha value is -2.69. The number of benzene rings is 2. The molecule has 2 aliphatic rings. The second-order valence-corrected chi connectivity index (χ2v) is 11.2. The van der Waals surface area contributed by atoms with Gasteiger partial charge < -0.3 is 29.9 Å². The van der Waals surface area contributed by atoms with E-state index in [1.54, 1.807) is 13.4 Å². The van der Waals surface area contributed by atoms with Crippen molar-refractivity contribution < 1.29 is 9.47 Å². The van der Waals surface area contributed by atoms with Crippen LogP contribution in [0.1, 0.15) is 31.7 Å². The summed E-state index contributed by atoms with van der Waals surface area (Å²) in [5.74, 6) is 2.33. The molecule has 0 amide bonds. The smallest absolute Gasteiger partial charge is 0.169 e. The molecule has 0 saturated carbocycles. The van der Waals surface area contributed by atoms with E-state index in [9.17, 15) is 0 Å². The summed E-state index contributed by atoms with van der Waals surface area (Å²) in [6.07, 6.45) is 5.26. The summed E-state index contributed by atoms with van der Waals surface area (Å²) in [5.41, 5.74) is 2.05. The van der Waals surface area contributed by atoms with Crippen LogP contribution in [0.2, 0.25) is 0 Å². The Morgan fingerprint density at radius 1 is 1.13 bits per heavy atom. The van der Waals surface area contributed by atoms with Crippen molar-refractivity contribution >= 4 is 50.0 Å². The lowest BCUT2D eigenvalue weighted by molar-refractivity contribution is 0.148. The zero-order chi connectivity index (χ0) is 26.5. The molecule has 10 heteroatoms. The molecule has 2 fully saturated rings. The highest BCUT2D eigenvalue weighted by Crippen LogP contribution is 2.36. The third-order valence-corrected chi connectivity index (χ3v) is 8.28. The van der Waals surface area contributed by atoms with Gasteiger partial charge in [0.1, 0.15) is 18.2 Å². The number of hydrogen-bond donors (Lipinski definition) is 2. The minimum Gasteiger partial charge on any atom is -0.493 e. The van der Waals surface area contributed by atoms with Gasteiger partial charge in [-0.1, -0.05) is 34.5 Å². The number of hydrogen-bond acceptors (Lipinski definition) is 7. The molecular formula is C28H35BrN6O2S. The fourth-order valence-corrected chi connectivity index (χ4v) is 5.65. The fraction of sp³-hybridized carbons (Fsp3) is 0.464. The van der Waals surface area contributed by atoms with Gasteiger partial charge in [0.15, 0.2) is 16.6 Å². The third-order valence-electron chi connectivity index (χ3n) is 7.35. The van der Waals surface area contributed by atoms with Crippen molar-refractivity contribution in [3.63, 3.8) is 0 Å². The van der Waals surface area contributed by atoms with Crippen molar-refractivity contribution in [2.45, 2.75) is 44.9 Å². The number of aromatic nitrogens is 2. The van der Waals surface area contributed by atoms with Crippen LogP contribution in [0.5, 0.6) is 11.5 Å². The molecule has 2 unspecified atom stereocenters. The van der Waals surface area contributed by atoms with E-state index in [0.717, 1.165) is 71.2 Å². The molecule has 2 aliphatic heterocycles. The number of ether oxygens (including phenoxy) is 2. The van der Waals surface area contributed by atoms with E-state index in [0.29, 0.717) is 18.3 Å². The molecule has 2 saturated heterocycles. The summed E-state index contributed by atoms with van der Waals surface area (Å²) in [6.45, 7) is 7.15. The standard InChI is InChI=1S/C28H35BrN6O2S/c1-19(23-5-3-4-10-30-23)37-26-16-24-22(15-25(26)36-2)27(33-18-32-24)34-11-13-35(14-12-34)28(38)31-17-20-6-8-21(29)9-7-20/h6-9,15-16,18-19,23,30H,3-5,10-14,17H2,1-2H3,(H,31,38). The number of rotatable bonds is 7. The summed E-state index contributed by atoms with van der Waals surface area (Å²) in [6, 6.07) is 12.6. The topological polar surface area (TPSA) is 74.8 Å². The van der Waals surface area contributed by atoms with Crippen LogP contribution in [0, 0.1) is 0 Å². The average Bonchev–Trinajstić information content (AvgIpc) is 2.96. The van der Waals surface area contributed by atoms with Gasteiger partial charge in [-0.05, 0) is 62.3 Å². The largest absolute Gasteiger partial charge is 0.493 e. The van der Waals surface area contributed by atoms with Gasteiger partial charge in [0.2, 0.25) is 0 Å². The Bertz CT molecular complexity index is 1250.